The maximum absolute atomic E-state index is 13.0. The maximum atomic E-state index is 13.0. The number of hydrogen-bond acceptors (Lipinski definition) is 5. The van der Waals surface area contributed by atoms with Crippen molar-refractivity contribution in [3.63, 3.8) is 0 Å². The number of halogens is 3. The number of hydrogen-bond donors (Lipinski definition) is 1. The monoisotopic (exact) mass is 348 g/mol. The Bertz CT molecular complexity index is 914. The Morgan fingerprint density at radius 2 is 1.84 bits per heavy atom. The van der Waals surface area contributed by atoms with Gasteiger partial charge in [0.2, 0.25) is 5.95 Å². The van der Waals surface area contributed by atoms with Crippen LogP contribution in [-0.2, 0) is 6.42 Å². The van der Waals surface area contributed by atoms with E-state index >= 15 is 0 Å². The molecule has 1 aromatic carbocycles. The van der Waals surface area contributed by atoms with Crippen molar-refractivity contribution in [1.82, 2.24) is 24.5 Å². The smallest absolute Gasteiger partial charge is 0.272 e. The molecule has 0 amide bonds. The fourth-order valence-electron chi connectivity index (χ4n) is 2.85. The van der Waals surface area contributed by atoms with E-state index in [1.807, 2.05) is 0 Å². The minimum Gasteiger partial charge on any atom is -0.368 e. The molecule has 130 valence electrons. The lowest BCUT2D eigenvalue weighted by atomic mass is 10.1. The fraction of sp³-hybridized carbons (Fsp3) is 0.312. The van der Waals surface area contributed by atoms with Gasteiger partial charge in [0.15, 0.2) is 11.5 Å². The van der Waals surface area contributed by atoms with Crippen molar-refractivity contribution < 1.29 is 13.2 Å². The largest absolute Gasteiger partial charge is 0.368 e. The molecule has 0 unspecified atom stereocenters. The summed E-state index contributed by atoms with van der Waals surface area (Å²) in [5.74, 6) is -2.24. The highest BCUT2D eigenvalue weighted by atomic mass is 19.3. The molecule has 0 bridgehead atoms. The Labute approximate surface area is 141 Å². The molecule has 6 nitrogen and oxygen atoms in total. The van der Waals surface area contributed by atoms with E-state index in [1.165, 1.54) is 16.6 Å². The van der Waals surface area contributed by atoms with Crippen LogP contribution >= 0.6 is 0 Å². The standard InChI is InChI=1S/C16H15F3N6/c17-11-3-1-10(2-4-11)12-7-14-22-13(23-25(14)15(20)21-12)5-6-24-8-16(18,19)9-24/h1-4,7H,5-6,8-9H2,(H2,20,21). The molecule has 25 heavy (non-hydrogen) atoms. The van der Waals surface area contributed by atoms with Gasteiger partial charge in [-0.05, 0) is 24.3 Å². The van der Waals surface area contributed by atoms with Gasteiger partial charge in [-0.2, -0.15) is 4.52 Å². The molecule has 0 saturated carbocycles. The molecule has 3 aromatic rings. The van der Waals surface area contributed by atoms with Gasteiger partial charge in [-0.3, -0.25) is 4.90 Å². The van der Waals surface area contributed by atoms with Gasteiger partial charge in [0.25, 0.3) is 5.92 Å². The van der Waals surface area contributed by atoms with Crippen LogP contribution in [0.1, 0.15) is 5.82 Å². The first kappa shape index (κ1) is 15.8. The third-order valence-corrected chi connectivity index (χ3v) is 4.10. The average Bonchev–Trinajstić information content (AvgIpc) is 2.95. The van der Waals surface area contributed by atoms with Gasteiger partial charge in [-0.25, -0.2) is 23.1 Å². The fourth-order valence-corrected chi connectivity index (χ4v) is 2.85. The number of nitrogens with zero attached hydrogens (tertiary/aromatic N) is 5. The van der Waals surface area contributed by atoms with Crippen molar-refractivity contribution in [2.75, 3.05) is 25.4 Å². The Hall–Kier alpha value is -2.68. The highest BCUT2D eigenvalue weighted by Crippen LogP contribution is 2.26. The number of fused-ring (bicyclic) bond motifs is 1. The number of likely N-dealkylation sites (tertiary alicyclic amines) is 1. The third kappa shape index (κ3) is 3.14. The molecule has 2 N–H and O–H groups in total. The molecule has 0 spiro atoms. The predicted molar refractivity (Wildman–Crippen MR) is 85.7 cm³/mol. The van der Waals surface area contributed by atoms with Gasteiger partial charge >= 0.3 is 0 Å². The Balaban J connectivity index is 1.55. The summed E-state index contributed by atoms with van der Waals surface area (Å²) in [6, 6.07) is 7.60. The first-order valence-electron chi connectivity index (χ1n) is 7.78. The zero-order valence-corrected chi connectivity index (χ0v) is 13.2. The second kappa shape index (κ2) is 5.69. The summed E-state index contributed by atoms with van der Waals surface area (Å²) in [7, 11) is 0. The van der Waals surface area contributed by atoms with E-state index in [0.29, 0.717) is 35.7 Å². The molecule has 2 aromatic heterocycles. The SMILES string of the molecule is Nc1nc(-c2ccc(F)cc2)cc2nc(CCN3CC(F)(F)C3)nn12. The van der Waals surface area contributed by atoms with E-state index in [2.05, 4.69) is 15.1 Å². The molecule has 4 rings (SSSR count). The van der Waals surface area contributed by atoms with Crippen LogP contribution in [0.15, 0.2) is 30.3 Å². The van der Waals surface area contributed by atoms with E-state index < -0.39 is 5.92 Å². The number of rotatable bonds is 4. The molecule has 0 radical (unpaired) electrons. The zero-order valence-electron chi connectivity index (χ0n) is 13.2. The summed E-state index contributed by atoms with van der Waals surface area (Å²) in [5.41, 5.74) is 7.71. The van der Waals surface area contributed by atoms with E-state index in [9.17, 15) is 13.2 Å². The van der Waals surface area contributed by atoms with Crippen molar-refractivity contribution in [2.24, 2.45) is 0 Å². The number of benzene rings is 1. The summed E-state index contributed by atoms with van der Waals surface area (Å²) in [4.78, 5) is 10.3. The van der Waals surface area contributed by atoms with Gasteiger partial charge < -0.3 is 5.73 Å². The lowest BCUT2D eigenvalue weighted by Gasteiger charge is -2.38. The van der Waals surface area contributed by atoms with Crippen molar-refractivity contribution in [3.8, 4) is 11.3 Å². The van der Waals surface area contributed by atoms with Crippen LogP contribution in [0.2, 0.25) is 0 Å². The van der Waals surface area contributed by atoms with Crippen molar-refractivity contribution in [3.05, 3.63) is 42.0 Å². The van der Waals surface area contributed by atoms with Gasteiger partial charge in [0, 0.05) is 24.6 Å². The quantitative estimate of drug-likeness (QED) is 0.781. The van der Waals surface area contributed by atoms with Crippen LogP contribution < -0.4 is 5.73 Å². The van der Waals surface area contributed by atoms with Crippen LogP contribution in [0.4, 0.5) is 19.1 Å². The molecule has 1 saturated heterocycles. The van der Waals surface area contributed by atoms with E-state index in [0.717, 1.165) is 0 Å². The number of nitrogens with two attached hydrogens (primary N) is 1. The molecule has 1 aliphatic heterocycles. The van der Waals surface area contributed by atoms with Gasteiger partial charge in [0.05, 0.1) is 18.8 Å². The summed E-state index contributed by atoms with van der Waals surface area (Å²) in [5, 5.41) is 4.27. The van der Waals surface area contributed by atoms with Crippen molar-refractivity contribution in [1.29, 1.82) is 0 Å². The normalized spacial score (nSPS) is 16.9. The second-order valence-electron chi connectivity index (χ2n) is 6.12. The molecule has 9 heteroatoms. The lowest BCUT2D eigenvalue weighted by Crippen LogP contribution is -2.56. The highest BCUT2D eigenvalue weighted by Gasteiger charge is 2.43. The molecule has 0 aliphatic carbocycles. The minimum atomic E-state index is -2.58. The van der Waals surface area contributed by atoms with Gasteiger partial charge in [-0.15, -0.1) is 5.10 Å². The van der Waals surface area contributed by atoms with Crippen LogP contribution in [0.25, 0.3) is 16.9 Å². The topological polar surface area (TPSA) is 72.3 Å². The number of aromatic nitrogens is 4. The first-order valence-corrected chi connectivity index (χ1v) is 7.78. The molecule has 3 heterocycles. The maximum Gasteiger partial charge on any atom is 0.272 e. The molecule has 1 fully saturated rings. The van der Waals surface area contributed by atoms with E-state index in [1.54, 1.807) is 23.1 Å². The number of anilines is 1. The number of alkyl halides is 2. The van der Waals surface area contributed by atoms with Gasteiger partial charge in [0.1, 0.15) is 5.82 Å². The first-order chi connectivity index (χ1) is 11.9. The van der Waals surface area contributed by atoms with Crippen LogP contribution in [0, 0.1) is 5.82 Å². The van der Waals surface area contributed by atoms with Crippen LogP contribution in [0.5, 0.6) is 0 Å². The van der Waals surface area contributed by atoms with Gasteiger partial charge in [-0.1, -0.05) is 0 Å². The van der Waals surface area contributed by atoms with Crippen LogP contribution in [0.3, 0.4) is 0 Å². The predicted octanol–water partition coefficient (Wildman–Crippen LogP) is 2.01. The Morgan fingerprint density at radius 1 is 1.12 bits per heavy atom. The van der Waals surface area contributed by atoms with E-state index in [-0.39, 0.29) is 24.9 Å². The Morgan fingerprint density at radius 3 is 2.52 bits per heavy atom. The van der Waals surface area contributed by atoms with Crippen molar-refractivity contribution >= 4 is 11.6 Å². The third-order valence-electron chi connectivity index (χ3n) is 4.10. The Kier molecular flexibility index (Phi) is 3.60. The summed E-state index contributed by atoms with van der Waals surface area (Å²) >= 11 is 0. The van der Waals surface area contributed by atoms with E-state index in [4.69, 9.17) is 5.73 Å². The molecule has 1 aliphatic rings. The molecular formula is C16H15F3N6. The summed E-state index contributed by atoms with van der Waals surface area (Å²) in [6.45, 7) is 0.0161. The summed E-state index contributed by atoms with van der Waals surface area (Å²) < 4.78 is 40.1. The molecule has 0 atom stereocenters. The average molecular weight is 348 g/mol. The number of nitrogen functional groups attached to an aromatic ring is 1. The summed E-state index contributed by atoms with van der Waals surface area (Å²) in [6.07, 6.45) is 0.448. The lowest BCUT2D eigenvalue weighted by molar-refractivity contribution is -0.129. The molecular weight excluding hydrogens is 333 g/mol. The van der Waals surface area contributed by atoms with Crippen molar-refractivity contribution in [2.45, 2.75) is 12.3 Å². The highest BCUT2D eigenvalue weighted by molar-refractivity contribution is 5.65. The van der Waals surface area contributed by atoms with Crippen LogP contribution in [-0.4, -0.2) is 50.0 Å². The second-order valence-corrected chi connectivity index (χ2v) is 6.12. The zero-order chi connectivity index (χ0) is 17.6. The minimum absolute atomic E-state index is 0.158.